The highest BCUT2D eigenvalue weighted by Gasteiger charge is 2.33. The van der Waals surface area contributed by atoms with Crippen molar-refractivity contribution in [3.63, 3.8) is 0 Å². The van der Waals surface area contributed by atoms with Crippen molar-refractivity contribution in [3.8, 4) is 0 Å². The van der Waals surface area contributed by atoms with Gasteiger partial charge in [-0.2, -0.15) is 13.2 Å². The quantitative estimate of drug-likeness (QED) is 0.789. The SMILES string of the molecule is CNCCCNS(=O)(=O)c1ccc(C)c(C(F)(F)F)c1. The third-order valence-electron chi connectivity index (χ3n) is 2.72. The van der Waals surface area contributed by atoms with E-state index < -0.39 is 21.8 Å². The van der Waals surface area contributed by atoms with E-state index >= 15 is 0 Å². The number of rotatable bonds is 6. The summed E-state index contributed by atoms with van der Waals surface area (Å²) in [6.07, 6.45) is -4.02. The molecule has 0 saturated heterocycles. The Labute approximate surface area is 116 Å². The monoisotopic (exact) mass is 310 g/mol. The van der Waals surface area contributed by atoms with Gasteiger partial charge in [0, 0.05) is 6.54 Å². The van der Waals surface area contributed by atoms with Gasteiger partial charge in [-0.3, -0.25) is 0 Å². The average Bonchev–Trinajstić information content (AvgIpc) is 2.33. The highest BCUT2D eigenvalue weighted by molar-refractivity contribution is 7.89. The number of benzene rings is 1. The number of nitrogens with one attached hydrogen (secondary N) is 2. The van der Waals surface area contributed by atoms with E-state index in [9.17, 15) is 21.6 Å². The minimum atomic E-state index is -4.57. The van der Waals surface area contributed by atoms with Gasteiger partial charge in [0.2, 0.25) is 10.0 Å². The molecule has 0 spiro atoms. The van der Waals surface area contributed by atoms with Crippen LogP contribution in [-0.2, 0) is 16.2 Å². The van der Waals surface area contributed by atoms with Crippen molar-refractivity contribution in [2.45, 2.75) is 24.4 Å². The van der Waals surface area contributed by atoms with Crippen molar-refractivity contribution in [2.24, 2.45) is 0 Å². The molecule has 4 nitrogen and oxygen atoms in total. The Balaban J connectivity index is 2.96. The van der Waals surface area contributed by atoms with E-state index in [-0.39, 0.29) is 17.0 Å². The van der Waals surface area contributed by atoms with Gasteiger partial charge in [0.1, 0.15) is 0 Å². The first-order chi connectivity index (χ1) is 9.18. The second-order valence-corrected chi connectivity index (χ2v) is 6.10. The lowest BCUT2D eigenvalue weighted by molar-refractivity contribution is -0.138. The van der Waals surface area contributed by atoms with E-state index in [1.54, 1.807) is 7.05 Å². The molecule has 0 aromatic heterocycles. The molecule has 0 unspecified atom stereocenters. The molecule has 0 aliphatic carbocycles. The number of alkyl halides is 3. The summed E-state index contributed by atoms with van der Waals surface area (Å²) in [6, 6.07) is 2.99. The number of sulfonamides is 1. The zero-order chi connectivity index (χ0) is 15.4. The average molecular weight is 310 g/mol. The summed E-state index contributed by atoms with van der Waals surface area (Å²) in [7, 11) is -2.19. The van der Waals surface area contributed by atoms with Gasteiger partial charge in [-0.25, -0.2) is 13.1 Å². The summed E-state index contributed by atoms with van der Waals surface area (Å²) in [6.45, 7) is 2.07. The van der Waals surface area contributed by atoms with Crippen molar-refractivity contribution >= 4 is 10.0 Å². The molecule has 0 saturated carbocycles. The summed E-state index contributed by atoms with van der Waals surface area (Å²) < 4.78 is 64.3. The number of aryl methyl sites for hydroxylation is 1. The molecule has 0 fully saturated rings. The van der Waals surface area contributed by atoms with Crippen LogP contribution in [0.2, 0.25) is 0 Å². The van der Waals surface area contributed by atoms with Gasteiger partial charge in [-0.1, -0.05) is 6.07 Å². The summed E-state index contributed by atoms with van der Waals surface area (Å²) >= 11 is 0. The highest BCUT2D eigenvalue weighted by atomic mass is 32.2. The molecule has 114 valence electrons. The molecule has 1 aromatic carbocycles. The van der Waals surface area contributed by atoms with Gasteiger partial charge in [0.15, 0.2) is 0 Å². The van der Waals surface area contributed by atoms with E-state index in [0.717, 1.165) is 6.07 Å². The first kappa shape index (κ1) is 16.9. The second kappa shape index (κ2) is 6.55. The third kappa shape index (κ3) is 4.46. The molecule has 0 atom stereocenters. The predicted octanol–water partition coefficient (Wildman–Crippen LogP) is 1.90. The maximum Gasteiger partial charge on any atom is 0.416 e. The normalized spacial score (nSPS) is 12.7. The van der Waals surface area contributed by atoms with Crippen molar-refractivity contribution in [2.75, 3.05) is 20.1 Å². The van der Waals surface area contributed by atoms with Crippen LogP contribution < -0.4 is 10.0 Å². The Hall–Kier alpha value is -1.12. The molecule has 20 heavy (non-hydrogen) atoms. The summed E-state index contributed by atoms with van der Waals surface area (Å²) in [5.74, 6) is 0. The van der Waals surface area contributed by atoms with Gasteiger partial charge >= 0.3 is 6.18 Å². The molecule has 2 N–H and O–H groups in total. The van der Waals surface area contributed by atoms with E-state index in [1.165, 1.54) is 13.0 Å². The zero-order valence-corrected chi connectivity index (χ0v) is 12.0. The van der Waals surface area contributed by atoms with Crippen LogP contribution in [0.5, 0.6) is 0 Å². The fourth-order valence-electron chi connectivity index (χ4n) is 1.63. The van der Waals surface area contributed by atoms with Crippen LogP contribution in [0.4, 0.5) is 13.2 Å². The van der Waals surface area contributed by atoms with Gasteiger partial charge in [-0.05, 0) is 44.6 Å². The number of halogens is 3. The van der Waals surface area contributed by atoms with Crippen molar-refractivity contribution < 1.29 is 21.6 Å². The van der Waals surface area contributed by atoms with E-state index in [1.807, 2.05) is 0 Å². The Morgan fingerprint density at radius 3 is 2.40 bits per heavy atom. The minimum Gasteiger partial charge on any atom is -0.320 e. The van der Waals surface area contributed by atoms with Gasteiger partial charge < -0.3 is 5.32 Å². The molecule has 0 amide bonds. The standard InChI is InChI=1S/C12H17F3N2O2S/c1-9-4-5-10(8-11(9)12(13,14)15)20(18,19)17-7-3-6-16-2/h4-5,8,16-17H,3,6-7H2,1-2H3. The first-order valence-electron chi connectivity index (χ1n) is 6.00. The molecule has 0 aliphatic heterocycles. The van der Waals surface area contributed by atoms with Crippen LogP contribution in [-0.4, -0.2) is 28.6 Å². The largest absolute Gasteiger partial charge is 0.416 e. The van der Waals surface area contributed by atoms with Crippen LogP contribution in [0, 0.1) is 6.92 Å². The maximum absolute atomic E-state index is 12.7. The number of hydrogen-bond donors (Lipinski definition) is 2. The van der Waals surface area contributed by atoms with Gasteiger partial charge in [0.25, 0.3) is 0 Å². The van der Waals surface area contributed by atoms with Crippen molar-refractivity contribution in [1.82, 2.24) is 10.0 Å². The van der Waals surface area contributed by atoms with Crippen LogP contribution in [0.1, 0.15) is 17.5 Å². The summed E-state index contributed by atoms with van der Waals surface area (Å²) in [5.41, 5.74) is -0.942. The van der Waals surface area contributed by atoms with E-state index in [0.29, 0.717) is 19.0 Å². The van der Waals surface area contributed by atoms with Crippen LogP contribution >= 0.6 is 0 Å². The first-order valence-corrected chi connectivity index (χ1v) is 7.49. The Morgan fingerprint density at radius 2 is 1.85 bits per heavy atom. The minimum absolute atomic E-state index is 0.00775. The van der Waals surface area contributed by atoms with Crippen LogP contribution in [0.3, 0.4) is 0 Å². The lowest BCUT2D eigenvalue weighted by Gasteiger charge is -2.13. The molecular formula is C12H17F3N2O2S. The van der Waals surface area contributed by atoms with Gasteiger partial charge in [-0.15, -0.1) is 0 Å². The predicted molar refractivity (Wildman–Crippen MR) is 69.9 cm³/mol. The van der Waals surface area contributed by atoms with Crippen molar-refractivity contribution in [1.29, 1.82) is 0 Å². The molecule has 8 heteroatoms. The van der Waals surface area contributed by atoms with E-state index in [2.05, 4.69) is 10.0 Å². The third-order valence-corrected chi connectivity index (χ3v) is 4.18. The fraction of sp³-hybridized carbons (Fsp3) is 0.500. The summed E-state index contributed by atoms with van der Waals surface area (Å²) in [5, 5.41) is 2.85. The molecule has 0 heterocycles. The molecule has 0 radical (unpaired) electrons. The number of hydrogen-bond acceptors (Lipinski definition) is 3. The maximum atomic E-state index is 12.7. The summed E-state index contributed by atoms with van der Waals surface area (Å²) in [4.78, 5) is -0.375. The smallest absolute Gasteiger partial charge is 0.320 e. The second-order valence-electron chi connectivity index (χ2n) is 4.33. The Morgan fingerprint density at radius 1 is 1.20 bits per heavy atom. The Bertz CT molecular complexity index is 556. The molecular weight excluding hydrogens is 293 g/mol. The topological polar surface area (TPSA) is 58.2 Å². The lowest BCUT2D eigenvalue weighted by Crippen LogP contribution is -2.27. The van der Waals surface area contributed by atoms with Gasteiger partial charge in [0.05, 0.1) is 10.5 Å². The molecule has 1 rings (SSSR count). The zero-order valence-electron chi connectivity index (χ0n) is 11.2. The lowest BCUT2D eigenvalue weighted by atomic mass is 10.1. The van der Waals surface area contributed by atoms with E-state index in [4.69, 9.17) is 0 Å². The Kier molecular flexibility index (Phi) is 5.55. The molecule has 0 bridgehead atoms. The molecule has 1 aromatic rings. The highest BCUT2D eigenvalue weighted by Crippen LogP contribution is 2.33. The van der Waals surface area contributed by atoms with Crippen LogP contribution in [0.25, 0.3) is 0 Å². The van der Waals surface area contributed by atoms with Crippen LogP contribution in [0.15, 0.2) is 23.1 Å². The van der Waals surface area contributed by atoms with Crippen molar-refractivity contribution in [3.05, 3.63) is 29.3 Å². The molecule has 0 aliphatic rings. The fourth-order valence-corrected chi connectivity index (χ4v) is 2.73.